The number of rotatable bonds is 6. The Balaban J connectivity index is 1.64. The number of likely N-dealkylation sites (tertiary alicyclic amines) is 1. The minimum Gasteiger partial charge on any atom is -0.459 e. The molecule has 114 valence electrons. The van der Waals surface area contributed by atoms with Crippen molar-refractivity contribution in [2.45, 2.75) is 38.3 Å². The van der Waals surface area contributed by atoms with Gasteiger partial charge in [0.2, 0.25) is 0 Å². The molecule has 1 fully saturated rings. The molecular formula is C15H22N4O2. The first-order chi connectivity index (χ1) is 10.4. The minimum atomic E-state index is 0.457. The van der Waals surface area contributed by atoms with Crippen molar-refractivity contribution in [3.05, 3.63) is 24.2 Å². The molecule has 6 nitrogen and oxygen atoms in total. The Labute approximate surface area is 124 Å². The van der Waals surface area contributed by atoms with Crippen LogP contribution in [-0.4, -0.2) is 41.2 Å². The Morgan fingerprint density at radius 1 is 1.43 bits per heavy atom. The maximum atomic E-state index is 5.28. The highest BCUT2D eigenvalue weighted by Gasteiger charge is 2.24. The molecule has 2 aromatic heterocycles. The third-order valence-electron chi connectivity index (χ3n) is 4.02. The quantitative estimate of drug-likeness (QED) is 0.880. The summed E-state index contributed by atoms with van der Waals surface area (Å²) in [6.07, 6.45) is 6.59. The summed E-state index contributed by atoms with van der Waals surface area (Å²) in [5.74, 6) is 1.82. The number of nitrogens with zero attached hydrogens (tertiary/aromatic N) is 3. The molecule has 1 atom stereocenters. The fourth-order valence-corrected chi connectivity index (χ4v) is 2.91. The van der Waals surface area contributed by atoms with Gasteiger partial charge in [-0.25, -0.2) is 0 Å². The van der Waals surface area contributed by atoms with Gasteiger partial charge < -0.3 is 14.3 Å². The summed E-state index contributed by atoms with van der Waals surface area (Å²) in [7, 11) is 2.00. The second-order valence-corrected chi connectivity index (χ2v) is 5.51. The van der Waals surface area contributed by atoms with Crippen molar-refractivity contribution < 1.29 is 8.94 Å². The van der Waals surface area contributed by atoms with Gasteiger partial charge in [-0.05, 0) is 51.5 Å². The van der Waals surface area contributed by atoms with E-state index in [2.05, 4.69) is 20.4 Å². The number of nitrogens with one attached hydrogen (secondary N) is 1. The van der Waals surface area contributed by atoms with E-state index in [0.29, 0.717) is 17.7 Å². The first-order valence-electron chi connectivity index (χ1n) is 7.62. The molecule has 3 rings (SSSR count). The zero-order valence-corrected chi connectivity index (χ0v) is 12.4. The van der Waals surface area contributed by atoms with E-state index in [1.807, 2.05) is 19.2 Å². The first kappa shape index (κ1) is 14.3. The average Bonchev–Trinajstić information content (AvgIpc) is 3.17. The summed E-state index contributed by atoms with van der Waals surface area (Å²) in [5.41, 5.74) is 0. The van der Waals surface area contributed by atoms with Crippen LogP contribution >= 0.6 is 0 Å². The SMILES string of the molecule is CNCCC1CCCCN1Cc1noc(-c2ccco2)n1. The lowest BCUT2D eigenvalue weighted by Crippen LogP contribution is -2.40. The summed E-state index contributed by atoms with van der Waals surface area (Å²) < 4.78 is 10.6. The van der Waals surface area contributed by atoms with Crippen LogP contribution in [-0.2, 0) is 6.54 Å². The van der Waals surface area contributed by atoms with Crippen LogP contribution in [0, 0.1) is 0 Å². The van der Waals surface area contributed by atoms with Crippen LogP contribution in [0.25, 0.3) is 11.7 Å². The van der Waals surface area contributed by atoms with Gasteiger partial charge in [-0.2, -0.15) is 4.98 Å². The summed E-state index contributed by atoms with van der Waals surface area (Å²) in [4.78, 5) is 6.90. The fraction of sp³-hybridized carbons (Fsp3) is 0.600. The third-order valence-corrected chi connectivity index (χ3v) is 4.02. The van der Waals surface area contributed by atoms with Crippen LogP contribution in [0.4, 0.5) is 0 Å². The largest absolute Gasteiger partial charge is 0.459 e. The predicted octanol–water partition coefficient (Wildman–Crippen LogP) is 2.29. The van der Waals surface area contributed by atoms with Gasteiger partial charge in [0, 0.05) is 6.04 Å². The van der Waals surface area contributed by atoms with Gasteiger partial charge in [0.1, 0.15) is 0 Å². The van der Waals surface area contributed by atoms with E-state index in [0.717, 1.165) is 25.5 Å². The first-order valence-corrected chi connectivity index (χ1v) is 7.62. The lowest BCUT2D eigenvalue weighted by Gasteiger charge is -2.34. The van der Waals surface area contributed by atoms with E-state index in [4.69, 9.17) is 8.94 Å². The van der Waals surface area contributed by atoms with Gasteiger partial charge in [-0.1, -0.05) is 11.6 Å². The summed E-state index contributed by atoms with van der Waals surface area (Å²) >= 11 is 0. The van der Waals surface area contributed by atoms with Gasteiger partial charge >= 0.3 is 0 Å². The second-order valence-electron chi connectivity index (χ2n) is 5.51. The molecule has 0 amide bonds. The summed E-state index contributed by atoms with van der Waals surface area (Å²) in [6, 6.07) is 4.25. The van der Waals surface area contributed by atoms with E-state index < -0.39 is 0 Å². The molecule has 0 radical (unpaired) electrons. The fourth-order valence-electron chi connectivity index (χ4n) is 2.91. The van der Waals surface area contributed by atoms with Crippen LogP contribution < -0.4 is 5.32 Å². The van der Waals surface area contributed by atoms with E-state index in [-0.39, 0.29) is 0 Å². The zero-order chi connectivity index (χ0) is 14.5. The third kappa shape index (κ3) is 3.51. The van der Waals surface area contributed by atoms with E-state index >= 15 is 0 Å². The van der Waals surface area contributed by atoms with Gasteiger partial charge in [-0.3, -0.25) is 4.90 Å². The van der Waals surface area contributed by atoms with Crippen LogP contribution in [0.15, 0.2) is 27.3 Å². The van der Waals surface area contributed by atoms with Crippen molar-refractivity contribution in [1.29, 1.82) is 0 Å². The number of hydrogen-bond acceptors (Lipinski definition) is 6. The van der Waals surface area contributed by atoms with E-state index in [1.165, 1.54) is 25.7 Å². The van der Waals surface area contributed by atoms with Gasteiger partial charge in [0.05, 0.1) is 12.8 Å². The van der Waals surface area contributed by atoms with Crippen molar-refractivity contribution in [2.24, 2.45) is 0 Å². The molecule has 1 saturated heterocycles. The number of aromatic nitrogens is 2. The molecule has 0 aliphatic carbocycles. The Morgan fingerprint density at radius 2 is 2.38 bits per heavy atom. The van der Waals surface area contributed by atoms with Crippen molar-refractivity contribution >= 4 is 0 Å². The molecule has 0 bridgehead atoms. The lowest BCUT2D eigenvalue weighted by molar-refractivity contribution is 0.128. The van der Waals surface area contributed by atoms with E-state index in [1.54, 1.807) is 6.26 Å². The van der Waals surface area contributed by atoms with Gasteiger partial charge in [0.15, 0.2) is 11.6 Å². The predicted molar refractivity (Wildman–Crippen MR) is 78.6 cm³/mol. The highest BCUT2D eigenvalue weighted by Crippen LogP contribution is 2.22. The molecule has 6 heteroatoms. The van der Waals surface area contributed by atoms with Crippen LogP contribution in [0.5, 0.6) is 0 Å². The molecule has 3 heterocycles. The lowest BCUT2D eigenvalue weighted by atomic mass is 9.99. The molecule has 2 aromatic rings. The maximum Gasteiger partial charge on any atom is 0.293 e. The average molecular weight is 290 g/mol. The number of piperidine rings is 1. The van der Waals surface area contributed by atoms with Crippen molar-refractivity contribution in [1.82, 2.24) is 20.4 Å². The molecule has 0 aromatic carbocycles. The second kappa shape index (κ2) is 6.87. The highest BCUT2D eigenvalue weighted by molar-refractivity contribution is 5.42. The van der Waals surface area contributed by atoms with Crippen molar-refractivity contribution in [3.8, 4) is 11.7 Å². The number of furan rings is 1. The van der Waals surface area contributed by atoms with Crippen molar-refractivity contribution in [2.75, 3.05) is 20.1 Å². The topological polar surface area (TPSA) is 67.3 Å². The normalized spacial score (nSPS) is 20.0. The van der Waals surface area contributed by atoms with E-state index in [9.17, 15) is 0 Å². The highest BCUT2D eigenvalue weighted by atomic mass is 16.5. The molecule has 1 N–H and O–H groups in total. The van der Waals surface area contributed by atoms with Gasteiger partial charge in [0.25, 0.3) is 5.89 Å². The van der Waals surface area contributed by atoms with Crippen LogP contribution in [0.3, 0.4) is 0 Å². The molecule has 1 aliphatic rings. The monoisotopic (exact) mass is 290 g/mol. The Morgan fingerprint density at radius 3 is 3.19 bits per heavy atom. The number of hydrogen-bond donors (Lipinski definition) is 1. The van der Waals surface area contributed by atoms with Crippen molar-refractivity contribution in [3.63, 3.8) is 0 Å². The molecule has 1 aliphatic heterocycles. The van der Waals surface area contributed by atoms with Gasteiger partial charge in [-0.15, -0.1) is 0 Å². The standard InChI is InChI=1S/C15H22N4O2/c1-16-8-7-12-5-2-3-9-19(12)11-14-17-15(21-18-14)13-6-4-10-20-13/h4,6,10,12,16H,2-3,5,7-9,11H2,1H3. The molecule has 0 saturated carbocycles. The molecular weight excluding hydrogens is 268 g/mol. The Kier molecular flexibility index (Phi) is 4.67. The summed E-state index contributed by atoms with van der Waals surface area (Å²) in [5, 5.41) is 7.31. The van der Waals surface area contributed by atoms with Crippen LogP contribution in [0.2, 0.25) is 0 Å². The minimum absolute atomic E-state index is 0.457. The Bertz CT molecular complexity index is 538. The zero-order valence-electron chi connectivity index (χ0n) is 12.4. The smallest absolute Gasteiger partial charge is 0.293 e. The van der Waals surface area contributed by atoms with Crippen LogP contribution in [0.1, 0.15) is 31.5 Å². The summed E-state index contributed by atoms with van der Waals surface area (Å²) in [6.45, 7) is 2.91. The maximum absolute atomic E-state index is 5.28. The Hall–Kier alpha value is -1.66. The molecule has 21 heavy (non-hydrogen) atoms. The molecule has 0 spiro atoms. The molecule has 1 unspecified atom stereocenters.